The van der Waals surface area contributed by atoms with Crippen LogP contribution in [0.5, 0.6) is 0 Å². The third kappa shape index (κ3) is 4.36. The van der Waals surface area contributed by atoms with Gasteiger partial charge in [0.2, 0.25) is 0 Å². The molecule has 7 nitrogen and oxygen atoms in total. The van der Waals surface area contributed by atoms with Crippen LogP contribution in [-0.2, 0) is 4.74 Å². The monoisotopic (exact) mass is 352 g/mol. The maximum absolute atomic E-state index is 12.2. The van der Waals surface area contributed by atoms with Gasteiger partial charge in [0.25, 0.3) is 0 Å². The summed E-state index contributed by atoms with van der Waals surface area (Å²) in [6.07, 6.45) is 2.00. The molecule has 1 aromatic rings. The maximum Gasteiger partial charge on any atom is 0.338 e. The maximum atomic E-state index is 12.2. The first-order valence-electron chi connectivity index (χ1n) is 8.34. The second-order valence-electron chi connectivity index (χ2n) is 6.58. The minimum Gasteiger partial charge on any atom is -0.478 e. The van der Waals surface area contributed by atoms with E-state index >= 15 is 0 Å². The van der Waals surface area contributed by atoms with Gasteiger partial charge < -0.3 is 25.2 Å². The zero-order chi connectivity index (χ0) is 18.4. The highest BCUT2D eigenvalue weighted by atomic mass is 16.5. The number of carboxylic acid groups (broad SMARTS) is 1. The average Bonchev–Trinajstić information content (AvgIpc) is 2.65. The molecule has 0 spiro atoms. The molecule has 138 valence electrons. The highest BCUT2D eigenvalue weighted by Gasteiger charge is 2.44. The van der Waals surface area contributed by atoms with Crippen molar-refractivity contribution in [3.8, 4) is 0 Å². The van der Waals surface area contributed by atoms with Gasteiger partial charge in [-0.05, 0) is 43.0 Å². The lowest BCUT2D eigenvalue weighted by atomic mass is 9.65. The standard InChI is InChI=1S/C18H24O7/c19-9-15(21)14-3-1-2-8-18(14,10-20)11-25-17(24)13-6-4-12(5-7-13)16(22)23/h4-7,14-15,19-21H,1-3,8-11H2,(H,22,23). The molecule has 0 bridgehead atoms. The van der Waals surface area contributed by atoms with Gasteiger partial charge >= 0.3 is 11.9 Å². The van der Waals surface area contributed by atoms with Crippen LogP contribution in [0.15, 0.2) is 24.3 Å². The van der Waals surface area contributed by atoms with Crippen LogP contribution in [0.4, 0.5) is 0 Å². The predicted molar refractivity (Wildman–Crippen MR) is 88.3 cm³/mol. The second-order valence-corrected chi connectivity index (χ2v) is 6.58. The molecule has 1 aliphatic rings. The Labute approximate surface area is 145 Å². The molecule has 1 aliphatic carbocycles. The zero-order valence-corrected chi connectivity index (χ0v) is 13.9. The summed E-state index contributed by atoms with van der Waals surface area (Å²) >= 11 is 0. The molecule has 0 saturated heterocycles. The van der Waals surface area contributed by atoms with Gasteiger partial charge in [0.05, 0.1) is 37.1 Å². The van der Waals surface area contributed by atoms with Crippen LogP contribution in [-0.4, -0.2) is 58.3 Å². The quantitative estimate of drug-likeness (QED) is 0.541. The van der Waals surface area contributed by atoms with Gasteiger partial charge in [-0.1, -0.05) is 12.8 Å². The van der Waals surface area contributed by atoms with Gasteiger partial charge in [0.1, 0.15) is 0 Å². The van der Waals surface area contributed by atoms with Crippen LogP contribution in [0, 0.1) is 11.3 Å². The van der Waals surface area contributed by atoms with Gasteiger partial charge in [0, 0.05) is 5.41 Å². The highest BCUT2D eigenvalue weighted by Crippen LogP contribution is 2.43. The normalized spacial score (nSPS) is 24.5. The van der Waals surface area contributed by atoms with Crippen molar-refractivity contribution in [1.82, 2.24) is 0 Å². The number of carbonyl (C=O) groups excluding carboxylic acids is 1. The number of hydrogen-bond donors (Lipinski definition) is 4. The summed E-state index contributed by atoms with van der Waals surface area (Å²) in [5, 5.41) is 38.1. The average molecular weight is 352 g/mol. The second kappa shape index (κ2) is 8.42. The van der Waals surface area contributed by atoms with E-state index in [0.29, 0.717) is 12.8 Å². The van der Waals surface area contributed by atoms with Gasteiger partial charge in [-0.25, -0.2) is 9.59 Å². The number of aliphatic hydroxyl groups excluding tert-OH is 3. The molecule has 0 radical (unpaired) electrons. The molecule has 1 fully saturated rings. The van der Waals surface area contributed by atoms with Crippen molar-refractivity contribution in [2.24, 2.45) is 11.3 Å². The zero-order valence-electron chi connectivity index (χ0n) is 13.9. The van der Waals surface area contributed by atoms with Crippen LogP contribution < -0.4 is 0 Å². The summed E-state index contributed by atoms with van der Waals surface area (Å²) in [5.74, 6) is -2.05. The Morgan fingerprint density at radius 3 is 2.36 bits per heavy atom. The Morgan fingerprint density at radius 2 is 1.80 bits per heavy atom. The van der Waals surface area contributed by atoms with Crippen LogP contribution in [0.3, 0.4) is 0 Å². The smallest absolute Gasteiger partial charge is 0.338 e. The molecule has 3 unspecified atom stereocenters. The van der Waals surface area contributed by atoms with E-state index in [1.54, 1.807) is 0 Å². The lowest BCUT2D eigenvalue weighted by Gasteiger charge is -2.44. The van der Waals surface area contributed by atoms with E-state index < -0.39 is 30.1 Å². The van der Waals surface area contributed by atoms with Crippen molar-refractivity contribution >= 4 is 11.9 Å². The fraction of sp³-hybridized carbons (Fsp3) is 0.556. The van der Waals surface area contributed by atoms with E-state index in [4.69, 9.17) is 9.84 Å². The van der Waals surface area contributed by atoms with Gasteiger partial charge in [-0.15, -0.1) is 0 Å². The Morgan fingerprint density at radius 1 is 1.16 bits per heavy atom. The minimum atomic E-state index is -1.08. The van der Waals surface area contributed by atoms with Crippen molar-refractivity contribution in [3.05, 3.63) is 35.4 Å². The molecular weight excluding hydrogens is 328 g/mol. The van der Waals surface area contributed by atoms with Crippen molar-refractivity contribution in [2.45, 2.75) is 31.8 Å². The molecule has 1 saturated carbocycles. The lowest BCUT2D eigenvalue weighted by molar-refractivity contribution is -0.0928. The number of benzene rings is 1. The lowest BCUT2D eigenvalue weighted by Crippen LogP contribution is -2.48. The molecular formula is C18H24O7. The number of carbonyl (C=O) groups is 2. The van der Waals surface area contributed by atoms with E-state index in [2.05, 4.69) is 0 Å². The van der Waals surface area contributed by atoms with Crippen LogP contribution in [0.2, 0.25) is 0 Å². The van der Waals surface area contributed by atoms with E-state index in [-0.39, 0.29) is 30.3 Å². The number of rotatable bonds is 7. The van der Waals surface area contributed by atoms with Crippen molar-refractivity contribution in [2.75, 3.05) is 19.8 Å². The Bertz CT molecular complexity index is 598. The summed E-state index contributed by atoms with van der Waals surface area (Å²) < 4.78 is 5.35. The Kier molecular flexibility index (Phi) is 6.52. The third-order valence-electron chi connectivity index (χ3n) is 5.05. The number of aliphatic hydroxyl groups is 3. The Balaban J connectivity index is 2.07. The number of carboxylic acids is 1. The summed E-state index contributed by atoms with van der Waals surface area (Å²) in [6.45, 7) is -0.721. The topological polar surface area (TPSA) is 124 Å². The van der Waals surface area contributed by atoms with Gasteiger partial charge in [-0.2, -0.15) is 0 Å². The highest BCUT2D eigenvalue weighted by molar-refractivity contribution is 5.92. The molecule has 25 heavy (non-hydrogen) atoms. The molecule has 0 heterocycles. The van der Waals surface area contributed by atoms with Gasteiger partial charge in [0.15, 0.2) is 0 Å². The van der Waals surface area contributed by atoms with E-state index in [1.165, 1.54) is 24.3 Å². The van der Waals surface area contributed by atoms with Crippen LogP contribution >= 0.6 is 0 Å². The molecule has 4 N–H and O–H groups in total. The SMILES string of the molecule is O=C(O)c1ccc(C(=O)OCC2(CO)CCCCC2C(O)CO)cc1. The largest absolute Gasteiger partial charge is 0.478 e. The van der Waals surface area contributed by atoms with Crippen LogP contribution in [0.1, 0.15) is 46.4 Å². The Hall–Kier alpha value is -1.96. The minimum absolute atomic E-state index is 0.0647. The summed E-state index contributed by atoms with van der Waals surface area (Å²) in [5.41, 5.74) is -0.494. The summed E-state index contributed by atoms with van der Waals surface area (Å²) in [6, 6.07) is 5.38. The number of aromatic carboxylic acids is 1. The molecule has 0 amide bonds. The number of esters is 1. The number of hydrogen-bond acceptors (Lipinski definition) is 6. The fourth-order valence-electron chi connectivity index (χ4n) is 3.52. The van der Waals surface area contributed by atoms with E-state index in [9.17, 15) is 24.9 Å². The van der Waals surface area contributed by atoms with Crippen LogP contribution in [0.25, 0.3) is 0 Å². The van der Waals surface area contributed by atoms with Crippen molar-refractivity contribution < 1.29 is 34.8 Å². The molecule has 0 aromatic heterocycles. The molecule has 1 aromatic carbocycles. The third-order valence-corrected chi connectivity index (χ3v) is 5.05. The summed E-state index contributed by atoms with van der Waals surface area (Å²) in [4.78, 5) is 23.0. The predicted octanol–water partition coefficient (Wildman–Crippen LogP) is 1.06. The first kappa shape index (κ1) is 19.4. The molecule has 3 atom stereocenters. The van der Waals surface area contributed by atoms with E-state index in [1.807, 2.05) is 0 Å². The van der Waals surface area contributed by atoms with Gasteiger partial charge in [-0.3, -0.25) is 0 Å². The summed E-state index contributed by atoms with van der Waals surface area (Å²) in [7, 11) is 0. The number of ether oxygens (including phenoxy) is 1. The first-order valence-corrected chi connectivity index (χ1v) is 8.34. The first-order chi connectivity index (χ1) is 11.9. The van der Waals surface area contributed by atoms with Crippen molar-refractivity contribution in [1.29, 1.82) is 0 Å². The molecule has 0 aliphatic heterocycles. The fourth-order valence-corrected chi connectivity index (χ4v) is 3.52. The molecule has 7 heteroatoms. The van der Waals surface area contributed by atoms with Crippen molar-refractivity contribution in [3.63, 3.8) is 0 Å². The van der Waals surface area contributed by atoms with E-state index in [0.717, 1.165) is 12.8 Å². The molecule has 2 rings (SSSR count).